The molecule has 2 aromatic carbocycles. The molecule has 1 N–H and O–H groups in total. The van der Waals surface area contributed by atoms with Gasteiger partial charge in [-0.1, -0.05) is 60.7 Å². The summed E-state index contributed by atoms with van der Waals surface area (Å²) in [5.41, 5.74) is -0.0852. The molecule has 1 aliphatic carbocycles. The van der Waals surface area contributed by atoms with Gasteiger partial charge in [-0.3, -0.25) is 9.59 Å². The van der Waals surface area contributed by atoms with Crippen molar-refractivity contribution in [2.45, 2.75) is 18.4 Å². The molecule has 1 atom stereocenters. The third kappa shape index (κ3) is 4.36. The second kappa shape index (κ2) is 9.26. The van der Waals surface area contributed by atoms with Gasteiger partial charge >= 0.3 is 5.97 Å². The number of amides is 2. The zero-order valence-electron chi connectivity index (χ0n) is 18.0. The predicted molar refractivity (Wildman–Crippen MR) is 120 cm³/mol. The van der Waals surface area contributed by atoms with Gasteiger partial charge in [0.1, 0.15) is 11.4 Å². The molecule has 4 rings (SSSR count). The Balaban J connectivity index is 1.66. The fourth-order valence-corrected chi connectivity index (χ4v) is 3.89. The number of benzene rings is 2. The van der Waals surface area contributed by atoms with E-state index in [0.717, 1.165) is 0 Å². The summed E-state index contributed by atoms with van der Waals surface area (Å²) >= 11 is 0. The molecule has 2 amide bonds. The number of hydroxylamine groups is 2. The van der Waals surface area contributed by atoms with Crippen LogP contribution in [0.2, 0.25) is 0 Å². The van der Waals surface area contributed by atoms with Gasteiger partial charge in [-0.2, -0.15) is 0 Å². The fraction of sp³-hybridized carbons (Fsp3) is 0.192. The van der Waals surface area contributed by atoms with Crippen LogP contribution in [-0.2, 0) is 20.0 Å². The lowest BCUT2D eigenvalue weighted by atomic mass is 9.75. The van der Waals surface area contributed by atoms with Crippen LogP contribution >= 0.6 is 0 Å². The lowest BCUT2D eigenvalue weighted by Gasteiger charge is -2.34. The smallest absolute Gasteiger partial charge is 0.363 e. The largest absolute Gasteiger partial charge is 0.497 e. The predicted octanol–water partition coefficient (Wildman–Crippen LogP) is 3.45. The summed E-state index contributed by atoms with van der Waals surface area (Å²) in [7, 11) is 1.57. The Morgan fingerprint density at radius 3 is 1.91 bits per heavy atom. The Morgan fingerprint density at radius 2 is 1.39 bits per heavy atom. The van der Waals surface area contributed by atoms with E-state index in [2.05, 4.69) is 0 Å². The van der Waals surface area contributed by atoms with Crippen LogP contribution in [0.15, 0.2) is 85.0 Å². The van der Waals surface area contributed by atoms with Gasteiger partial charge in [-0.05, 0) is 35.4 Å². The van der Waals surface area contributed by atoms with Crippen LogP contribution in [0.4, 0.5) is 0 Å². The van der Waals surface area contributed by atoms with Crippen LogP contribution in [0.5, 0.6) is 5.75 Å². The highest BCUT2D eigenvalue weighted by atomic mass is 16.7. The maximum Gasteiger partial charge on any atom is 0.363 e. The normalized spacial score (nSPS) is 17.7. The molecule has 0 aromatic heterocycles. The van der Waals surface area contributed by atoms with Crippen LogP contribution in [0, 0.1) is 5.92 Å². The van der Waals surface area contributed by atoms with Crippen molar-refractivity contribution in [3.8, 4) is 5.75 Å². The number of ether oxygens (including phenoxy) is 1. The summed E-state index contributed by atoms with van der Waals surface area (Å²) in [6, 6.07) is 13.4. The fourth-order valence-electron chi connectivity index (χ4n) is 3.89. The van der Waals surface area contributed by atoms with E-state index < -0.39 is 29.3 Å². The molecule has 168 valence electrons. The van der Waals surface area contributed by atoms with E-state index in [9.17, 15) is 19.5 Å². The van der Waals surface area contributed by atoms with Crippen LogP contribution in [-0.4, -0.2) is 35.1 Å². The second-order valence-corrected chi connectivity index (χ2v) is 7.71. The number of carbonyl (C=O) groups excluding carboxylic acids is 3. The van der Waals surface area contributed by atoms with Gasteiger partial charge in [0.15, 0.2) is 0 Å². The summed E-state index contributed by atoms with van der Waals surface area (Å²) in [6.45, 7) is 0. The Bertz CT molecular complexity index is 1110. The molecular weight excluding hydrogens is 422 g/mol. The van der Waals surface area contributed by atoms with Crippen LogP contribution < -0.4 is 4.74 Å². The molecule has 2 aliphatic rings. The van der Waals surface area contributed by atoms with E-state index in [1.54, 1.807) is 43.5 Å². The van der Waals surface area contributed by atoms with Crippen molar-refractivity contribution in [3.63, 3.8) is 0 Å². The molecule has 0 radical (unpaired) electrons. The van der Waals surface area contributed by atoms with E-state index in [-0.39, 0.29) is 18.4 Å². The molecule has 1 heterocycles. The summed E-state index contributed by atoms with van der Waals surface area (Å²) in [4.78, 5) is 40.9. The number of hydrogen-bond donors (Lipinski definition) is 1. The highest BCUT2D eigenvalue weighted by Crippen LogP contribution is 2.40. The van der Waals surface area contributed by atoms with Crippen molar-refractivity contribution in [2.24, 2.45) is 5.92 Å². The zero-order chi connectivity index (χ0) is 23.4. The van der Waals surface area contributed by atoms with Crippen molar-refractivity contribution in [1.82, 2.24) is 5.06 Å². The van der Waals surface area contributed by atoms with E-state index >= 15 is 0 Å². The van der Waals surface area contributed by atoms with Crippen molar-refractivity contribution >= 4 is 17.8 Å². The number of imide groups is 1. The van der Waals surface area contributed by atoms with Gasteiger partial charge in [0.05, 0.1) is 12.7 Å². The lowest BCUT2D eigenvalue weighted by Crippen LogP contribution is -2.35. The second-order valence-electron chi connectivity index (χ2n) is 7.71. The number of allylic oxidation sites excluding steroid dienone is 4. The van der Waals surface area contributed by atoms with Gasteiger partial charge in [-0.15, -0.1) is 5.06 Å². The van der Waals surface area contributed by atoms with Gasteiger partial charge in [-0.25, -0.2) is 4.79 Å². The van der Waals surface area contributed by atoms with Gasteiger partial charge < -0.3 is 14.7 Å². The molecule has 0 bridgehead atoms. The number of aliphatic hydroxyl groups is 1. The molecule has 1 aliphatic heterocycles. The Kier molecular flexibility index (Phi) is 6.24. The molecule has 7 heteroatoms. The first-order chi connectivity index (χ1) is 15.9. The zero-order valence-corrected chi connectivity index (χ0v) is 18.0. The standard InChI is InChI=1S/C26H23NO6/c1-32-22-14-12-21(13-15-22)26(31,19-6-4-2-3-5-7-19)20-10-8-18(9-11-20)25(30)33-27-23(28)16-17-24(27)29/h2-15,19,31H,16-17H2,1H3. The molecular formula is C26H23NO6. The monoisotopic (exact) mass is 445 g/mol. The Hall–Kier alpha value is -3.97. The minimum absolute atomic E-state index is 0.0250. The van der Waals surface area contributed by atoms with E-state index in [1.807, 2.05) is 36.5 Å². The highest BCUT2D eigenvalue weighted by molar-refractivity contribution is 6.02. The topological polar surface area (TPSA) is 93.1 Å². The molecule has 1 unspecified atom stereocenters. The molecule has 7 nitrogen and oxygen atoms in total. The molecule has 0 spiro atoms. The Labute approximate surface area is 191 Å². The SMILES string of the molecule is COc1ccc(C(O)(c2ccc(C(=O)ON3C(=O)CCC3=O)cc2)C2C=CC=CC=C2)cc1. The van der Waals surface area contributed by atoms with Crippen LogP contribution in [0.3, 0.4) is 0 Å². The van der Waals surface area contributed by atoms with E-state index in [0.29, 0.717) is 21.9 Å². The minimum atomic E-state index is -1.44. The third-order valence-corrected chi connectivity index (χ3v) is 5.72. The first kappa shape index (κ1) is 22.2. The number of methoxy groups -OCH3 is 1. The summed E-state index contributed by atoms with van der Waals surface area (Å²) < 4.78 is 5.24. The first-order valence-electron chi connectivity index (χ1n) is 10.5. The summed E-state index contributed by atoms with van der Waals surface area (Å²) in [5.74, 6) is -1.63. The average Bonchev–Trinajstić information content (AvgIpc) is 3.04. The summed E-state index contributed by atoms with van der Waals surface area (Å²) in [5, 5.41) is 12.5. The van der Waals surface area contributed by atoms with Crippen molar-refractivity contribution in [1.29, 1.82) is 0 Å². The average molecular weight is 445 g/mol. The van der Waals surface area contributed by atoms with Crippen LogP contribution in [0.1, 0.15) is 34.3 Å². The maximum atomic E-state index is 12.5. The lowest BCUT2D eigenvalue weighted by molar-refractivity contribution is -0.172. The van der Waals surface area contributed by atoms with E-state index in [4.69, 9.17) is 9.57 Å². The quantitative estimate of drug-likeness (QED) is 0.685. The minimum Gasteiger partial charge on any atom is -0.497 e. The Morgan fingerprint density at radius 1 is 0.879 bits per heavy atom. The van der Waals surface area contributed by atoms with Crippen molar-refractivity contribution < 1.29 is 29.1 Å². The van der Waals surface area contributed by atoms with Crippen molar-refractivity contribution in [2.75, 3.05) is 7.11 Å². The first-order valence-corrected chi connectivity index (χ1v) is 10.5. The van der Waals surface area contributed by atoms with Crippen molar-refractivity contribution in [3.05, 3.63) is 102 Å². The molecule has 33 heavy (non-hydrogen) atoms. The third-order valence-electron chi connectivity index (χ3n) is 5.72. The van der Waals surface area contributed by atoms with Gasteiger partial charge in [0, 0.05) is 18.8 Å². The molecule has 0 saturated carbocycles. The highest BCUT2D eigenvalue weighted by Gasteiger charge is 2.38. The maximum absolute atomic E-state index is 12.5. The number of hydrogen-bond acceptors (Lipinski definition) is 6. The number of carbonyl (C=O) groups is 3. The number of nitrogens with zero attached hydrogens (tertiary/aromatic N) is 1. The van der Waals surface area contributed by atoms with Gasteiger partial charge in [0.2, 0.25) is 0 Å². The summed E-state index contributed by atoms with van der Waals surface area (Å²) in [6.07, 6.45) is 11.3. The van der Waals surface area contributed by atoms with Gasteiger partial charge in [0.25, 0.3) is 11.8 Å². The number of rotatable bonds is 6. The van der Waals surface area contributed by atoms with E-state index in [1.165, 1.54) is 12.1 Å². The molecule has 1 saturated heterocycles. The molecule has 2 aromatic rings. The molecule has 1 fully saturated rings. The van der Waals surface area contributed by atoms with Crippen LogP contribution in [0.25, 0.3) is 0 Å².